The first-order valence-electron chi connectivity index (χ1n) is 7.66. The molecule has 0 spiro atoms. The van der Waals surface area contributed by atoms with E-state index in [0.29, 0.717) is 6.04 Å². The quantitative estimate of drug-likeness (QED) is 0.694. The average molecular weight is 265 g/mol. The Balaban J connectivity index is 1.78. The topological polar surface area (TPSA) is 12.0 Å². The van der Waals surface area contributed by atoms with Crippen molar-refractivity contribution in [1.82, 2.24) is 5.32 Å². The van der Waals surface area contributed by atoms with Crippen LogP contribution in [0.1, 0.15) is 73.7 Å². The lowest BCUT2D eigenvalue weighted by molar-refractivity contribution is 0.541. The van der Waals surface area contributed by atoms with Crippen molar-refractivity contribution in [3.05, 3.63) is 21.4 Å². The molecule has 1 nitrogen and oxygen atoms in total. The molecule has 2 heteroatoms. The van der Waals surface area contributed by atoms with E-state index >= 15 is 0 Å². The minimum absolute atomic E-state index is 0.544. The van der Waals surface area contributed by atoms with E-state index in [2.05, 4.69) is 25.2 Å². The van der Waals surface area contributed by atoms with Crippen LogP contribution in [0.25, 0.3) is 0 Å². The summed E-state index contributed by atoms with van der Waals surface area (Å²) in [4.78, 5) is 3.22. The molecule has 1 atom stereocenters. The summed E-state index contributed by atoms with van der Waals surface area (Å²) in [7, 11) is 0. The van der Waals surface area contributed by atoms with Gasteiger partial charge in [-0.2, -0.15) is 0 Å². The normalized spacial score (nSPS) is 16.6. The van der Waals surface area contributed by atoms with Gasteiger partial charge in [-0.15, -0.1) is 11.3 Å². The number of fused-ring (bicyclic) bond motifs is 1. The van der Waals surface area contributed by atoms with Gasteiger partial charge in [-0.25, -0.2) is 0 Å². The molecule has 1 unspecified atom stereocenters. The summed E-state index contributed by atoms with van der Waals surface area (Å²) >= 11 is 2.05. The Bertz CT molecular complexity index is 332. The Kier molecular flexibility index (Phi) is 5.71. The van der Waals surface area contributed by atoms with Gasteiger partial charge < -0.3 is 5.32 Å². The van der Waals surface area contributed by atoms with E-state index in [1.165, 1.54) is 57.9 Å². The number of hydrogen-bond acceptors (Lipinski definition) is 2. The predicted molar refractivity (Wildman–Crippen MR) is 81.5 cm³/mol. The summed E-state index contributed by atoms with van der Waals surface area (Å²) in [5.74, 6) is 0. The molecule has 0 fully saturated rings. The van der Waals surface area contributed by atoms with Crippen LogP contribution < -0.4 is 5.32 Å². The first-order valence-corrected chi connectivity index (χ1v) is 8.47. The first-order chi connectivity index (χ1) is 8.81. The number of unbranched alkanes of at least 4 members (excludes halogenated alkanes) is 3. The first kappa shape index (κ1) is 14.1. The molecule has 0 bridgehead atoms. The van der Waals surface area contributed by atoms with Gasteiger partial charge in [-0.1, -0.05) is 26.2 Å². The van der Waals surface area contributed by atoms with Crippen LogP contribution in [0.5, 0.6) is 0 Å². The van der Waals surface area contributed by atoms with Gasteiger partial charge in [-0.3, -0.25) is 0 Å². The molecule has 0 aliphatic heterocycles. The molecule has 1 aromatic heterocycles. The van der Waals surface area contributed by atoms with Crippen molar-refractivity contribution in [3.8, 4) is 0 Å². The highest BCUT2D eigenvalue weighted by molar-refractivity contribution is 7.12. The maximum absolute atomic E-state index is 3.68. The molecular weight excluding hydrogens is 238 g/mol. The third-order valence-corrected chi connectivity index (χ3v) is 5.34. The Hall–Kier alpha value is -0.340. The monoisotopic (exact) mass is 265 g/mol. The predicted octanol–water partition coefficient (Wildman–Crippen LogP) is 4.86. The smallest absolute Gasteiger partial charge is 0.0386 e. The fourth-order valence-electron chi connectivity index (χ4n) is 2.70. The molecule has 1 heterocycles. The van der Waals surface area contributed by atoms with Gasteiger partial charge >= 0.3 is 0 Å². The highest BCUT2D eigenvalue weighted by Gasteiger charge is 2.15. The zero-order valence-corrected chi connectivity index (χ0v) is 12.7. The summed E-state index contributed by atoms with van der Waals surface area (Å²) in [5, 5.41) is 3.68. The SMILES string of the molecule is CCCCCCNC(C)c1cc2c(s1)CCCC2. The lowest BCUT2D eigenvalue weighted by Crippen LogP contribution is -2.18. The Morgan fingerprint density at radius 2 is 2.06 bits per heavy atom. The van der Waals surface area contributed by atoms with Gasteiger partial charge in [0.25, 0.3) is 0 Å². The van der Waals surface area contributed by atoms with Crippen LogP contribution in [-0.4, -0.2) is 6.54 Å². The van der Waals surface area contributed by atoms with Crippen molar-refractivity contribution in [2.24, 2.45) is 0 Å². The fraction of sp³-hybridized carbons (Fsp3) is 0.750. The van der Waals surface area contributed by atoms with Crippen molar-refractivity contribution >= 4 is 11.3 Å². The van der Waals surface area contributed by atoms with E-state index in [4.69, 9.17) is 0 Å². The number of aryl methyl sites for hydroxylation is 2. The minimum Gasteiger partial charge on any atom is -0.309 e. The molecule has 1 aromatic rings. The van der Waals surface area contributed by atoms with E-state index in [9.17, 15) is 0 Å². The van der Waals surface area contributed by atoms with Gasteiger partial charge in [-0.05, 0) is 57.2 Å². The van der Waals surface area contributed by atoms with E-state index < -0.39 is 0 Å². The maximum atomic E-state index is 3.68. The maximum Gasteiger partial charge on any atom is 0.0386 e. The summed E-state index contributed by atoms with van der Waals surface area (Å²) < 4.78 is 0. The second kappa shape index (κ2) is 7.30. The van der Waals surface area contributed by atoms with E-state index in [0.717, 1.165) is 0 Å². The largest absolute Gasteiger partial charge is 0.309 e. The van der Waals surface area contributed by atoms with Crippen LogP contribution in [-0.2, 0) is 12.8 Å². The van der Waals surface area contributed by atoms with Crippen molar-refractivity contribution in [3.63, 3.8) is 0 Å². The molecule has 0 radical (unpaired) electrons. The zero-order chi connectivity index (χ0) is 12.8. The summed E-state index contributed by atoms with van der Waals surface area (Å²) in [6.07, 6.45) is 10.8. The third kappa shape index (κ3) is 3.83. The Morgan fingerprint density at radius 1 is 1.22 bits per heavy atom. The standard InChI is InChI=1S/C16H27NS/c1-3-4-5-8-11-17-13(2)16-12-14-9-6-7-10-15(14)18-16/h12-13,17H,3-11H2,1-2H3. The lowest BCUT2D eigenvalue weighted by Gasteiger charge is -2.11. The molecule has 1 N–H and O–H groups in total. The highest BCUT2D eigenvalue weighted by atomic mass is 32.1. The average Bonchev–Trinajstić information content (AvgIpc) is 2.82. The third-order valence-electron chi connectivity index (χ3n) is 3.92. The van der Waals surface area contributed by atoms with E-state index in [1.54, 1.807) is 15.3 Å². The number of rotatable bonds is 7. The van der Waals surface area contributed by atoms with Crippen molar-refractivity contribution in [1.29, 1.82) is 0 Å². The van der Waals surface area contributed by atoms with E-state index in [-0.39, 0.29) is 0 Å². The number of hydrogen-bond donors (Lipinski definition) is 1. The molecule has 0 saturated carbocycles. The van der Waals surface area contributed by atoms with Gasteiger partial charge in [0, 0.05) is 15.8 Å². The lowest BCUT2D eigenvalue weighted by atomic mass is 9.99. The van der Waals surface area contributed by atoms with Gasteiger partial charge in [0.15, 0.2) is 0 Å². The molecular formula is C16H27NS. The van der Waals surface area contributed by atoms with Crippen molar-refractivity contribution in [2.45, 2.75) is 71.3 Å². The molecule has 1 aliphatic rings. The molecule has 2 rings (SSSR count). The minimum atomic E-state index is 0.544. The molecule has 0 saturated heterocycles. The van der Waals surface area contributed by atoms with Crippen LogP contribution in [0.4, 0.5) is 0 Å². The van der Waals surface area contributed by atoms with Gasteiger partial charge in [0.2, 0.25) is 0 Å². The second-order valence-electron chi connectivity index (χ2n) is 5.54. The second-order valence-corrected chi connectivity index (χ2v) is 6.71. The van der Waals surface area contributed by atoms with Crippen LogP contribution in [0, 0.1) is 0 Å². The van der Waals surface area contributed by atoms with Crippen LogP contribution >= 0.6 is 11.3 Å². The molecule has 0 amide bonds. The van der Waals surface area contributed by atoms with Gasteiger partial charge in [0.05, 0.1) is 0 Å². The summed E-state index contributed by atoms with van der Waals surface area (Å²) in [6, 6.07) is 3.00. The Morgan fingerprint density at radius 3 is 2.83 bits per heavy atom. The molecule has 1 aliphatic carbocycles. The van der Waals surface area contributed by atoms with Crippen molar-refractivity contribution < 1.29 is 0 Å². The van der Waals surface area contributed by atoms with E-state index in [1.807, 2.05) is 11.3 Å². The zero-order valence-electron chi connectivity index (χ0n) is 11.9. The van der Waals surface area contributed by atoms with Gasteiger partial charge in [0.1, 0.15) is 0 Å². The molecule has 18 heavy (non-hydrogen) atoms. The van der Waals surface area contributed by atoms with Crippen LogP contribution in [0.2, 0.25) is 0 Å². The molecule has 0 aromatic carbocycles. The fourth-order valence-corrected chi connectivity index (χ4v) is 3.98. The number of thiophene rings is 1. The van der Waals surface area contributed by atoms with Crippen LogP contribution in [0.15, 0.2) is 6.07 Å². The molecule has 102 valence electrons. The van der Waals surface area contributed by atoms with Crippen LogP contribution in [0.3, 0.4) is 0 Å². The highest BCUT2D eigenvalue weighted by Crippen LogP contribution is 2.32. The number of nitrogens with one attached hydrogen (secondary N) is 1. The summed E-state index contributed by atoms with van der Waals surface area (Å²) in [6.45, 7) is 5.76. The van der Waals surface area contributed by atoms with Crippen molar-refractivity contribution in [2.75, 3.05) is 6.54 Å². The Labute approximate surface area is 116 Å². The summed E-state index contributed by atoms with van der Waals surface area (Å²) in [5.41, 5.74) is 1.64.